The third-order valence-corrected chi connectivity index (χ3v) is 4.55. The van der Waals surface area contributed by atoms with Gasteiger partial charge in [0.1, 0.15) is 0 Å². The predicted molar refractivity (Wildman–Crippen MR) is 92.2 cm³/mol. The molecule has 0 radical (unpaired) electrons. The summed E-state index contributed by atoms with van der Waals surface area (Å²) >= 11 is 7.44. The summed E-state index contributed by atoms with van der Waals surface area (Å²) in [5.41, 5.74) is 4.37. The predicted octanol–water partition coefficient (Wildman–Crippen LogP) is 4.83. The van der Waals surface area contributed by atoms with E-state index in [1.165, 1.54) is 11.1 Å². The fourth-order valence-electron chi connectivity index (χ4n) is 1.92. The lowest BCUT2D eigenvalue weighted by Crippen LogP contribution is -2.15. The van der Waals surface area contributed by atoms with Crippen molar-refractivity contribution >= 4 is 35.0 Å². The second kappa shape index (κ2) is 7.53. The zero-order valence-electron chi connectivity index (χ0n) is 12.2. The molecule has 0 aliphatic heterocycles. The summed E-state index contributed by atoms with van der Waals surface area (Å²) in [6.07, 6.45) is 0. The normalized spacial score (nSPS) is 10.4. The first-order valence-electron chi connectivity index (χ1n) is 6.74. The van der Waals surface area contributed by atoms with E-state index in [4.69, 9.17) is 11.6 Å². The van der Waals surface area contributed by atoms with Crippen LogP contribution in [0.3, 0.4) is 0 Å². The lowest BCUT2D eigenvalue weighted by molar-refractivity contribution is -0.113. The maximum Gasteiger partial charge on any atom is 0.234 e. The second-order valence-corrected chi connectivity index (χ2v) is 6.34. The van der Waals surface area contributed by atoms with E-state index >= 15 is 0 Å². The Hall–Kier alpha value is -1.45. The number of anilines is 1. The van der Waals surface area contributed by atoms with Gasteiger partial charge in [-0.1, -0.05) is 35.9 Å². The fraction of sp³-hybridized carbons (Fsp3) is 0.235. The number of thioether (sulfide) groups is 1. The van der Waals surface area contributed by atoms with Crippen LogP contribution in [-0.4, -0.2) is 11.7 Å². The number of nitrogens with one attached hydrogen (secondary N) is 1. The molecule has 2 nitrogen and oxygen atoms in total. The van der Waals surface area contributed by atoms with Crippen LogP contribution in [0.15, 0.2) is 42.5 Å². The van der Waals surface area contributed by atoms with Crippen LogP contribution >= 0.6 is 23.4 Å². The van der Waals surface area contributed by atoms with E-state index < -0.39 is 0 Å². The van der Waals surface area contributed by atoms with E-state index in [-0.39, 0.29) is 5.91 Å². The van der Waals surface area contributed by atoms with Crippen molar-refractivity contribution in [1.29, 1.82) is 0 Å². The van der Waals surface area contributed by atoms with Gasteiger partial charge in [0, 0.05) is 16.5 Å². The number of rotatable bonds is 5. The molecule has 0 aliphatic carbocycles. The Kier molecular flexibility index (Phi) is 5.71. The molecule has 0 unspecified atom stereocenters. The fourth-order valence-corrected chi connectivity index (χ4v) is 2.83. The molecule has 110 valence electrons. The van der Waals surface area contributed by atoms with E-state index in [1.54, 1.807) is 11.8 Å². The minimum atomic E-state index is 0.0302. The van der Waals surface area contributed by atoms with Crippen molar-refractivity contribution in [3.05, 3.63) is 64.2 Å². The number of carbonyl (C=O) groups is 1. The summed E-state index contributed by atoms with van der Waals surface area (Å²) in [6, 6.07) is 13.6. The molecule has 0 aromatic heterocycles. The van der Waals surface area contributed by atoms with Crippen LogP contribution in [0.5, 0.6) is 0 Å². The molecule has 21 heavy (non-hydrogen) atoms. The molecular weight excluding hydrogens is 302 g/mol. The van der Waals surface area contributed by atoms with Crippen LogP contribution in [0.4, 0.5) is 5.69 Å². The number of halogens is 1. The Labute approximate surface area is 134 Å². The van der Waals surface area contributed by atoms with Gasteiger partial charge in [0.05, 0.1) is 5.75 Å². The zero-order chi connectivity index (χ0) is 15.2. The summed E-state index contributed by atoms with van der Waals surface area (Å²) in [7, 11) is 0. The van der Waals surface area contributed by atoms with Crippen LogP contribution < -0.4 is 5.32 Å². The number of aryl methyl sites for hydroxylation is 1. The molecule has 0 bridgehead atoms. The van der Waals surface area contributed by atoms with Gasteiger partial charge in [-0.15, -0.1) is 11.8 Å². The van der Waals surface area contributed by atoms with Gasteiger partial charge in [-0.2, -0.15) is 0 Å². The first-order chi connectivity index (χ1) is 10.1. The van der Waals surface area contributed by atoms with Gasteiger partial charge in [0.15, 0.2) is 0 Å². The molecule has 0 saturated heterocycles. The maximum absolute atomic E-state index is 12.0. The number of amides is 1. The van der Waals surface area contributed by atoms with Gasteiger partial charge in [-0.05, 0) is 48.7 Å². The lowest BCUT2D eigenvalue weighted by Gasteiger charge is -2.10. The molecule has 2 aromatic rings. The average molecular weight is 320 g/mol. The first kappa shape index (κ1) is 15.9. The molecule has 0 atom stereocenters. The van der Waals surface area contributed by atoms with Gasteiger partial charge in [0.2, 0.25) is 5.91 Å². The summed E-state index contributed by atoms with van der Waals surface area (Å²) in [4.78, 5) is 12.0. The van der Waals surface area contributed by atoms with Crippen molar-refractivity contribution in [2.75, 3.05) is 11.1 Å². The molecule has 2 rings (SSSR count). The van der Waals surface area contributed by atoms with E-state index in [0.29, 0.717) is 5.75 Å². The first-order valence-corrected chi connectivity index (χ1v) is 8.28. The Morgan fingerprint density at radius 1 is 1.14 bits per heavy atom. The number of hydrogen-bond donors (Lipinski definition) is 1. The van der Waals surface area contributed by atoms with Crippen LogP contribution in [0.2, 0.25) is 5.02 Å². The summed E-state index contributed by atoms with van der Waals surface area (Å²) in [5.74, 6) is 1.27. The summed E-state index contributed by atoms with van der Waals surface area (Å²) in [5, 5.41) is 3.70. The summed E-state index contributed by atoms with van der Waals surface area (Å²) < 4.78 is 0. The smallest absolute Gasteiger partial charge is 0.234 e. The molecule has 1 N–H and O–H groups in total. The monoisotopic (exact) mass is 319 g/mol. The highest BCUT2D eigenvalue weighted by atomic mass is 35.5. The highest BCUT2D eigenvalue weighted by molar-refractivity contribution is 7.99. The lowest BCUT2D eigenvalue weighted by atomic mass is 10.1. The van der Waals surface area contributed by atoms with Gasteiger partial charge >= 0.3 is 0 Å². The molecule has 0 aliphatic rings. The topological polar surface area (TPSA) is 29.1 Å². The Morgan fingerprint density at radius 2 is 1.86 bits per heavy atom. The van der Waals surface area contributed by atoms with Crippen molar-refractivity contribution in [2.45, 2.75) is 19.6 Å². The third kappa shape index (κ3) is 4.80. The van der Waals surface area contributed by atoms with Crippen LogP contribution in [0.25, 0.3) is 0 Å². The molecule has 0 saturated carbocycles. The standard InChI is InChI=1S/C17H18ClNOS/c1-12-4-3-5-16(13(12)2)19-17(20)11-21-10-14-6-8-15(18)9-7-14/h3-9H,10-11H2,1-2H3,(H,19,20). The van der Waals surface area contributed by atoms with Gasteiger partial charge in [-0.3, -0.25) is 4.79 Å². The molecule has 0 fully saturated rings. The zero-order valence-corrected chi connectivity index (χ0v) is 13.7. The van der Waals surface area contributed by atoms with E-state index in [9.17, 15) is 4.79 Å². The van der Waals surface area contributed by atoms with Gasteiger partial charge in [0.25, 0.3) is 0 Å². The minimum absolute atomic E-state index is 0.0302. The largest absolute Gasteiger partial charge is 0.325 e. The molecular formula is C17H18ClNOS. The number of hydrogen-bond acceptors (Lipinski definition) is 2. The van der Waals surface area contributed by atoms with Crippen LogP contribution in [-0.2, 0) is 10.5 Å². The molecule has 1 amide bonds. The number of benzene rings is 2. The Morgan fingerprint density at radius 3 is 2.57 bits per heavy atom. The van der Waals surface area contributed by atoms with Crippen molar-refractivity contribution < 1.29 is 4.79 Å². The van der Waals surface area contributed by atoms with E-state index in [0.717, 1.165) is 22.0 Å². The molecule has 0 heterocycles. The van der Waals surface area contributed by atoms with Crippen molar-refractivity contribution in [2.24, 2.45) is 0 Å². The summed E-state index contributed by atoms with van der Waals surface area (Å²) in [6.45, 7) is 4.06. The maximum atomic E-state index is 12.0. The Balaban J connectivity index is 1.82. The SMILES string of the molecule is Cc1cccc(NC(=O)CSCc2ccc(Cl)cc2)c1C. The molecule has 2 aromatic carbocycles. The Bertz CT molecular complexity index is 625. The van der Waals surface area contributed by atoms with Crippen LogP contribution in [0, 0.1) is 13.8 Å². The van der Waals surface area contributed by atoms with Crippen LogP contribution in [0.1, 0.15) is 16.7 Å². The molecule has 0 spiro atoms. The van der Waals surface area contributed by atoms with E-state index in [1.807, 2.05) is 56.3 Å². The highest BCUT2D eigenvalue weighted by Gasteiger charge is 2.06. The second-order valence-electron chi connectivity index (χ2n) is 4.91. The average Bonchev–Trinajstić information content (AvgIpc) is 2.46. The highest BCUT2D eigenvalue weighted by Crippen LogP contribution is 2.19. The van der Waals surface area contributed by atoms with E-state index in [2.05, 4.69) is 5.32 Å². The van der Waals surface area contributed by atoms with Crippen molar-refractivity contribution in [1.82, 2.24) is 0 Å². The number of carbonyl (C=O) groups excluding carboxylic acids is 1. The van der Waals surface area contributed by atoms with Gasteiger partial charge in [-0.25, -0.2) is 0 Å². The van der Waals surface area contributed by atoms with Crippen molar-refractivity contribution in [3.63, 3.8) is 0 Å². The third-order valence-electron chi connectivity index (χ3n) is 3.29. The van der Waals surface area contributed by atoms with Crippen molar-refractivity contribution in [3.8, 4) is 0 Å². The quantitative estimate of drug-likeness (QED) is 0.855. The van der Waals surface area contributed by atoms with Gasteiger partial charge < -0.3 is 5.32 Å². The minimum Gasteiger partial charge on any atom is -0.325 e. The molecule has 4 heteroatoms.